The van der Waals surface area contributed by atoms with Crippen LogP contribution in [0.25, 0.3) is 66.1 Å². The van der Waals surface area contributed by atoms with Crippen LogP contribution in [0, 0.1) is 0 Å². The lowest BCUT2D eigenvalue weighted by Crippen LogP contribution is -2.48. The van der Waals surface area contributed by atoms with Crippen molar-refractivity contribution in [3.63, 3.8) is 0 Å². The number of pyridine rings is 1. The zero-order chi connectivity index (χ0) is 29.7. The predicted molar refractivity (Wildman–Crippen MR) is 189 cm³/mol. The largest absolute Gasteiger partial charge is 0.456 e. The van der Waals surface area contributed by atoms with E-state index in [0.29, 0.717) is 0 Å². The third-order valence-corrected chi connectivity index (χ3v) is 8.97. The molecule has 0 saturated carbocycles. The smallest absolute Gasteiger partial charge is 0.328 e. The summed E-state index contributed by atoms with van der Waals surface area (Å²) in [6.07, 6.45) is 1.88. The van der Waals surface area contributed by atoms with E-state index in [1.165, 1.54) is 38.3 Å². The summed E-state index contributed by atoms with van der Waals surface area (Å²) in [7, 11) is 0. The Morgan fingerprint density at radius 3 is 1.96 bits per heavy atom. The van der Waals surface area contributed by atoms with E-state index >= 15 is 0 Å². The van der Waals surface area contributed by atoms with Crippen molar-refractivity contribution in [3.8, 4) is 22.4 Å². The molecule has 9 aromatic rings. The van der Waals surface area contributed by atoms with Crippen molar-refractivity contribution in [2.24, 2.45) is 0 Å². The highest BCUT2D eigenvalue weighted by Gasteiger charge is 2.28. The van der Waals surface area contributed by atoms with Gasteiger partial charge in [0.1, 0.15) is 11.2 Å². The molecule has 0 N–H and O–H groups in total. The number of para-hydroxylation sites is 2. The third-order valence-electron chi connectivity index (χ3n) is 8.97. The lowest BCUT2D eigenvalue weighted by molar-refractivity contribution is 0.669. The number of rotatable bonds is 5. The van der Waals surface area contributed by atoms with Crippen molar-refractivity contribution in [1.82, 2.24) is 9.46 Å². The first-order valence-corrected chi connectivity index (χ1v) is 15.3. The van der Waals surface area contributed by atoms with Gasteiger partial charge in [0.05, 0.1) is 5.69 Å². The van der Waals surface area contributed by atoms with E-state index in [1.54, 1.807) is 0 Å². The minimum Gasteiger partial charge on any atom is -0.456 e. The number of furan rings is 1. The summed E-state index contributed by atoms with van der Waals surface area (Å²) in [5.74, 6) is 0. The lowest BCUT2D eigenvalue weighted by Gasteiger charge is -2.20. The van der Waals surface area contributed by atoms with Crippen molar-refractivity contribution in [3.05, 3.63) is 164 Å². The van der Waals surface area contributed by atoms with Crippen LogP contribution < -0.4 is 10.9 Å². The second-order valence-corrected chi connectivity index (χ2v) is 11.5. The third kappa shape index (κ3) is 4.11. The summed E-state index contributed by atoms with van der Waals surface area (Å²) in [4.78, 5) is 4.81. The molecule has 3 heterocycles. The number of nitrogens with zero attached hydrogens (tertiary/aromatic N) is 2. The highest BCUT2D eigenvalue weighted by atomic mass is 16.3. The van der Waals surface area contributed by atoms with Crippen LogP contribution in [-0.4, -0.2) is 16.3 Å². The first kappa shape index (κ1) is 25.6. The van der Waals surface area contributed by atoms with Gasteiger partial charge in [0, 0.05) is 44.3 Å². The molecule has 0 radical (unpaired) electrons. The average Bonchev–Trinajstić information content (AvgIpc) is 3.66. The summed E-state index contributed by atoms with van der Waals surface area (Å²) in [5.41, 5.74) is 11.0. The van der Waals surface area contributed by atoms with Gasteiger partial charge in [-0.15, -0.1) is 0 Å². The number of benzene rings is 6. The Balaban J connectivity index is 1.39. The van der Waals surface area contributed by atoms with Crippen molar-refractivity contribution < 1.29 is 4.42 Å². The van der Waals surface area contributed by atoms with E-state index in [2.05, 4.69) is 144 Å². The first-order chi connectivity index (χ1) is 22.3. The van der Waals surface area contributed by atoms with Gasteiger partial charge in [0.15, 0.2) is 0 Å². The van der Waals surface area contributed by atoms with Gasteiger partial charge in [-0.25, -0.2) is 0 Å². The van der Waals surface area contributed by atoms with Crippen LogP contribution in [0.2, 0.25) is 0 Å². The fourth-order valence-corrected chi connectivity index (χ4v) is 7.04. The topological polar surface area (TPSA) is 31.0 Å². The summed E-state index contributed by atoms with van der Waals surface area (Å²) in [6.45, 7) is -0.0376. The molecule has 0 aliphatic rings. The van der Waals surface area contributed by atoms with E-state index in [9.17, 15) is 0 Å². The van der Waals surface area contributed by atoms with Gasteiger partial charge in [0.2, 0.25) is 0 Å². The van der Waals surface area contributed by atoms with Gasteiger partial charge in [-0.05, 0) is 47.5 Å². The molecule has 0 aliphatic heterocycles. The quantitative estimate of drug-likeness (QED) is 0.192. The van der Waals surface area contributed by atoms with Crippen molar-refractivity contribution in [1.29, 1.82) is 0 Å². The van der Waals surface area contributed by atoms with Crippen LogP contribution >= 0.6 is 0 Å². The maximum atomic E-state index is 6.26. The second-order valence-electron chi connectivity index (χ2n) is 11.5. The molecule has 6 aromatic carbocycles. The SMILES string of the molecule is c1ccc(B(c2ccccc2)n2c3ccc(-c4cccc5oc6ccccc6c45)cc3c3cccc(-c4ccccn4)c32)cc1. The van der Waals surface area contributed by atoms with Crippen LogP contribution in [-0.2, 0) is 0 Å². The molecular weight excluding hydrogens is 547 g/mol. The number of fused-ring (bicyclic) bond motifs is 6. The molecule has 45 heavy (non-hydrogen) atoms. The van der Waals surface area contributed by atoms with Crippen molar-refractivity contribution in [2.45, 2.75) is 0 Å². The van der Waals surface area contributed by atoms with Crippen molar-refractivity contribution in [2.75, 3.05) is 0 Å². The van der Waals surface area contributed by atoms with Crippen LogP contribution in [0.4, 0.5) is 0 Å². The molecule has 3 aromatic heterocycles. The average molecular weight is 574 g/mol. The molecule has 3 nitrogen and oxygen atoms in total. The maximum Gasteiger partial charge on any atom is 0.328 e. The van der Waals surface area contributed by atoms with Crippen molar-refractivity contribution >= 4 is 61.5 Å². The highest BCUT2D eigenvalue weighted by molar-refractivity contribution is 6.85. The molecule has 0 fully saturated rings. The Morgan fingerprint density at radius 1 is 0.511 bits per heavy atom. The predicted octanol–water partition coefficient (Wildman–Crippen LogP) is 9.08. The minimum atomic E-state index is -0.0376. The summed E-state index contributed by atoms with van der Waals surface area (Å²) in [5, 5.41) is 4.70. The minimum absolute atomic E-state index is 0.0376. The van der Waals surface area contributed by atoms with E-state index in [-0.39, 0.29) is 6.85 Å². The highest BCUT2D eigenvalue weighted by Crippen LogP contribution is 2.41. The number of aromatic nitrogens is 2. The van der Waals surface area contributed by atoms with Crippen LogP contribution in [0.15, 0.2) is 168 Å². The molecule has 0 spiro atoms. The molecule has 210 valence electrons. The molecule has 0 amide bonds. The Hall–Kier alpha value is -5.87. The Morgan fingerprint density at radius 2 is 1.18 bits per heavy atom. The van der Waals surface area contributed by atoms with Gasteiger partial charge < -0.3 is 8.90 Å². The Bertz CT molecular complexity index is 2440. The van der Waals surface area contributed by atoms with E-state index in [4.69, 9.17) is 9.40 Å². The fraction of sp³-hybridized carbons (Fsp3) is 0. The Labute approximate surface area is 261 Å². The molecule has 0 unspecified atom stereocenters. The zero-order valence-corrected chi connectivity index (χ0v) is 24.5. The summed E-state index contributed by atoms with van der Waals surface area (Å²) < 4.78 is 8.78. The molecule has 9 rings (SSSR count). The van der Waals surface area contributed by atoms with E-state index in [0.717, 1.165) is 38.8 Å². The van der Waals surface area contributed by atoms with Gasteiger partial charge in [-0.3, -0.25) is 4.98 Å². The number of hydrogen-bond acceptors (Lipinski definition) is 2. The molecule has 0 atom stereocenters. The van der Waals surface area contributed by atoms with Gasteiger partial charge in [-0.1, -0.05) is 132 Å². The summed E-state index contributed by atoms with van der Waals surface area (Å²) in [6, 6.07) is 56.0. The van der Waals surface area contributed by atoms with Gasteiger partial charge >= 0.3 is 6.85 Å². The molecule has 0 bridgehead atoms. The standard InChI is InChI=1S/C41H27BN2O/c1-3-13-29(14-4-1)42(30-15-5-2-6-16-30)44-37-25-24-28(31-18-12-23-39-40(31)34-17-7-8-22-38(34)45-39)27-35(37)32-19-11-20-33(41(32)44)36-21-9-10-26-43-36/h1-27H. The van der Waals surface area contributed by atoms with Gasteiger partial charge in [0.25, 0.3) is 0 Å². The first-order valence-electron chi connectivity index (χ1n) is 15.3. The molecular formula is C41H27BN2O. The zero-order valence-electron chi connectivity index (χ0n) is 24.5. The van der Waals surface area contributed by atoms with Crippen LogP contribution in [0.1, 0.15) is 0 Å². The van der Waals surface area contributed by atoms with E-state index < -0.39 is 0 Å². The van der Waals surface area contributed by atoms with Crippen LogP contribution in [0.3, 0.4) is 0 Å². The molecule has 0 aliphatic carbocycles. The van der Waals surface area contributed by atoms with Gasteiger partial charge in [-0.2, -0.15) is 0 Å². The monoisotopic (exact) mass is 574 g/mol. The summed E-state index contributed by atoms with van der Waals surface area (Å²) >= 11 is 0. The molecule has 4 heteroatoms. The maximum absolute atomic E-state index is 6.26. The fourth-order valence-electron chi connectivity index (χ4n) is 7.04. The lowest BCUT2D eigenvalue weighted by atomic mass is 9.50. The van der Waals surface area contributed by atoms with Crippen LogP contribution in [0.5, 0.6) is 0 Å². The second kappa shape index (κ2) is 10.4. The molecule has 0 saturated heterocycles. The van der Waals surface area contributed by atoms with E-state index in [1.807, 2.05) is 24.4 Å². The normalized spacial score (nSPS) is 11.6. The Kier molecular flexibility index (Phi) is 5.92. The number of hydrogen-bond donors (Lipinski definition) is 0.